The van der Waals surface area contributed by atoms with Gasteiger partial charge < -0.3 is 9.80 Å². The number of alkyl halides is 1. The minimum atomic E-state index is -0.470. The van der Waals surface area contributed by atoms with E-state index in [2.05, 4.69) is 40.5 Å². The van der Waals surface area contributed by atoms with E-state index in [1.54, 1.807) is 16.0 Å². The number of rotatable bonds is 7. The first-order chi connectivity index (χ1) is 29.7. The number of H-pyrrole nitrogens is 2. The summed E-state index contributed by atoms with van der Waals surface area (Å²) in [6, 6.07) is 22.7. The van der Waals surface area contributed by atoms with Crippen molar-refractivity contribution in [2.24, 2.45) is 11.8 Å². The van der Waals surface area contributed by atoms with Crippen LogP contribution in [0.5, 0.6) is 0 Å². The maximum atomic E-state index is 13.7. The monoisotopic (exact) mass is 822 g/mol. The van der Waals surface area contributed by atoms with E-state index in [4.69, 9.17) is 14.8 Å². The van der Waals surface area contributed by atoms with Crippen molar-refractivity contribution in [3.05, 3.63) is 121 Å². The molecular formula is C47H49FN9O4+. The van der Waals surface area contributed by atoms with Crippen molar-refractivity contribution < 1.29 is 14.0 Å². The van der Waals surface area contributed by atoms with E-state index in [9.17, 15) is 23.6 Å². The Hall–Kier alpha value is -6.36. The van der Waals surface area contributed by atoms with Crippen molar-refractivity contribution in [2.45, 2.75) is 88.6 Å². The van der Waals surface area contributed by atoms with Crippen LogP contribution in [0.15, 0.2) is 82.6 Å². The van der Waals surface area contributed by atoms with Crippen LogP contribution in [-0.4, -0.2) is 89.2 Å². The molecule has 10 rings (SSSR count). The molecule has 4 aliphatic rings. The van der Waals surface area contributed by atoms with Gasteiger partial charge in [0, 0.05) is 80.1 Å². The lowest BCUT2D eigenvalue weighted by molar-refractivity contribution is 0.0141. The summed E-state index contributed by atoms with van der Waals surface area (Å²) in [5, 5.41) is 5.77. The van der Waals surface area contributed by atoms with Gasteiger partial charge in [0.2, 0.25) is 0 Å². The molecule has 2 amide bonds. The van der Waals surface area contributed by atoms with Gasteiger partial charge in [0.05, 0.1) is 18.1 Å². The molecule has 14 heteroatoms. The minimum Gasteiger partial charge on any atom is -0.335 e. The van der Waals surface area contributed by atoms with Crippen molar-refractivity contribution in [1.82, 2.24) is 39.0 Å². The molecule has 13 nitrogen and oxygen atoms in total. The first-order valence-corrected chi connectivity index (χ1v) is 21.8. The Labute approximate surface area is 351 Å². The lowest BCUT2D eigenvalue weighted by atomic mass is 9.81. The fourth-order valence-corrected chi connectivity index (χ4v) is 9.84. The maximum Gasteiger partial charge on any atom is 0.280 e. The molecule has 61 heavy (non-hydrogen) atoms. The van der Waals surface area contributed by atoms with Crippen LogP contribution in [0.3, 0.4) is 0 Å². The molecule has 0 spiro atoms. The third-order valence-electron chi connectivity index (χ3n) is 13.7. The summed E-state index contributed by atoms with van der Waals surface area (Å²) in [6.45, 7) is 2.71. The molecule has 2 saturated carbocycles. The lowest BCUT2D eigenvalue weighted by Gasteiger charge is -2.45. The molecule has 312 valence electrons. The Bertz CT molecular complexity index is 2820. The van der Waals surface area contributed by atoms with E-state index in [1.807, 2.05) is 31.2 Å². The zero-order valence-electron chi connectivity index (χ0n) is 34.2. The number of fused-ring (bicyclic) bond motifs is 2. The lowest BCUT2D eigenvalue weighted by Crippen LogP contribution is -2.57. The predicted molar refractivity (Wildman–Crippen MR) is 230 cm³/mol. The summed E-state index contributed by atoms with van der Waals surface area (Å²) >= 11 is 0. The molecule has 6 aromatic rings. The van der Waals surface area contributed by atoms with E-state index in [0.29, 0.717) is 54.1 Å². The van der Waals surface area contributed by atoms with Gasteiger partial charge in [-0.2, -0.15) is 0 Å². The second-order valence-corrected chi connectivity index (χ2v) is 17.5. The average molecular weight is 823 g/mol. The molecule has 2 saturated heterocycles. The topological polar surface area (TPSA) is 145 Å². The molecule has 4 fully saturated rings. The number of hydrogen-bond acceptors (Lipinski definition) is 6. The molecule has 2 aliphatic carbocycles. The summed E-state index contributed by atoms with van der Waals surface area (Å²) < 4.78 is 15.8. The summed E-state index contributed by atoms with van der Waals surface area (Å²) in [5.41, 5.74) is 5.84. The number of carbonyl (C=O) groups is 2. The molecule has 2 aromatic carbocycles. The number of amides is 2. The van der Waals surface area contributed by atoms with E-state index in [-0.39, 0.29) is 58.1 Å². The number of nitrogens with one attached hydrogen (secondary N) is 2. The number of carbonyl (C=O) groups excluding carboxylic acids is 2. The van der Waals surface area contributed by atoms with Crippen LogP contribution in [0, 0.1) is 17.9 Å². The molecule has 2 unspecified atom stereocenters. The van der Waals surface area contributed by atoms with Gasteiger partial charge in [-0.15, -0.1) is 0 Å². The third-order valence-corrected chi connectivity index (χ3v) is 13.7. The SMILES string of the molecule is C[C@H]1[C@@H](CF)CN1C(=O)c1c[nH]n2c(=O)cc(-c3ccc(C4CCCC([N+]#CC5CN(C(=O)c6c[nH]n7c(=O)cc(-c8ccc(C9CCCCC9)cc8)nc67)C5)C4)cc3)nc12. The number of benzene rings is 2. The number of hydrogen-bond donors (Lipinski definition) is 2. The van der Waals surface area contributed by atoms with Gasteiger partial charge in [0.25, 0.3) is 35.0 Å². The molecular weight excluding hydrogens is 774 g/mol. The van der Waals surface area contributed by atoms with Crippen LogP contribution < -0.4 is 11.1 Å². The van der Waals surface area contributed by atoms with E-state index < -0.39 is 6.67 Å². The highest BCUT2D eigenvalue weighted by atomic mass is 19.1. The molecule has 2 N–H and O–H groups in total. The van der Waals surface area contributed by atoms with Gasteiger partial charge in [0.15, 0.2) is 11.3 Å². The van der Waals surface area contributed by atoms with Crippen LogP contribution in [0.4, 0.5) is 4.39 Å². The molecule has 6 heterocycles. The average Bonchev–Trinajstić information content (AvgIpc) is 3.92. The number of aromatic nitrogens is 6. The molecule has 4 aromatic heterocycles. The van der Waals surface area contributed by atoms with Crippen molar-refractivity contribution in [2.75, 3.05) is 26.3 Å². The highest BCUT2D eigenvalue weighted by Crippen LogP contribution is 2.36. The van der Waals surface area contributed by atoms with Gasteiger partial charge in [-0.25, -0.2) is 19.0 Å². The van der Waals surface area contributed by atoms with Gasteiger partial charge in [0.1, 0.15) is 17.0 Å². The van der Waals surface area contributed by atoms with Crippen molar-refractivity contribution in [1.29, 1.82) is 0 Å². The van der Waals surface area contributed by atoms with Crippen LogP contribution in [0.1, 0.15) is 108 Å². The first kappa shape index (κ1) is 38.8. The Morgan fingerprint density at radius 1 is 0.738 bits per heavy atom. The summed E-state index contributed by atoms with van der Waals surface area (Å²) in [7, 11) is 0. The maximum absolute atomic E-state index is 13.7. The van der Waals surface area contributed by atoms with Crippen molar-refractivity contribution in [3.63, 3.8) is 0 Å². The number of nitrogens with zero attached hydrogens (tertiary/aromatic N) is 7. The van der Waals surface area contributed by atoms with Crippen LogP contribution in [0.2, 0.25) is 0 Å². The van der Waals surface area contributed by atoms with Gasteiger partial charge in [-0.1, -0.05) is 72.6 Å². The second kappa shape index (κ2) is 15.9. The normalized spacial score (nSPS) is 22.1. The summed E-state index contributed by atoms with van der Waals surface area (Å²) in [6.07, 6.45) is 13.3. The Balaban J connectivity index is 0.768. The number of halogens is 1. The highest BCUT2D eigenvalue weighted by molar-refractivity contribution is 6.01. The van der Waals surface area contributed by atoms with Crippen molar-refractivity contribution in [3.8, 4) is 28.6 Å². The van der Waals surface area contributed by atoms with E-state index in [0.717, 1.165) is 36.8 Å². The number of aromatic amines is 2. The fourth-order valence-electron chi connectivity index (χ4n) is 9.84. The molecule has 0 bridgehead atoms. The molecule has 0 radical (unpaired) electrons. The minimum absolute atomic E-state index is 0.0360. The quantitative estimate of drug-likeness (QED) is 0.173. The predicted octanol–water partition coefficient (Wildman–Crippen LogP) is 7.30. The van der Waals surface area contributed by atoms with Crippen LogP contribution in [-0.2, 0) is 0 Å². The summed E-state index contributed by atoms with van der Waals surface area (Å²) in [4.78, 5) is 70.8. The van der Waals surface area contributed by atoms with Gasteiger partial charge in [-0.3, -0.25) is 33.8 Å². The van der Waals surface area contributed by atoms with E-state index >= 15 is 0 Å². The largest absolute Gasteiger partial charge is 0.335 e. The zero-order chi connectivity index (χ0) is 41.8. The Morgan fingerprint density at radius 3 is 1.87 bits per heavy atom. The second-order valence-electron chi connectivity index (χ2n) is 17.5. The van der Waals surface area contributed by atoms with E-state index in [1.165, 1.54) is 70.6 Å². The van der Waals surface area contributed by atoms with Gasteiger partial charge in [-0.05, 0) is 55.6 Å². The Morgan fingerprint density at radius 2 is 1.30 bits per heavy atom. The smallest absolute Gasteiger partial charge is 0.280 e. The van der Waals surface area contributed by atoms with Crippen LogP contribution in [0.25, 0.3) is 38.7 Å². The first-order valence-electron chi connectivity index (χ1n) is 21.8. The Kier molecular flexibility index (Phi) is 10.1. The fraction of sp³-hybridized carbons (Fsp3) is 0.426. The zero-order valence-corrected chi connectivity index (χ0v) is 34.2. The van der Waals surface area contributed by atoms with Gasteiger partial charge >= 0.3 is 0 Å². The van der Waals surface area contributed by atoms with Crippen molar-refractivity contribution >= 4 is 23.1 Å². The molecule has 2 aliphatic heterocycles. The number of likely N-dealkylation sites (tertiary alicyclic amines) is 2. The molecule has 4 atom stereocenters. The summed E-state index contributed by atoms with van der Waals surface area (Å²) in [5.74, 6) is 0.326. The third kappa shape index (κ3) is 7.23. The standard InChI is InChI=1S/C47H48FN9O4/c1-28-36(21-48)27-55(28)47(61)39-24-51-57-43(59)20-41(53-45(39)57)34-16-12-32(13-17-34)35-8-5-9-37(18-35)49-22-29-25-54(26-29)46(60)38-23-50-56-42(58)19-40(52-44(38)56)33-14-10-31(11-15-33)30-6-3-2-4-7-30/h10-17,19-20,23-24,28-30,35-37H,2-9,18,21,25-27H2,1H3,(H-,50,51,52,53,58,59,60,61)/p+1/t28-,35?,36-,37?/m0/s1. The van der Waals surface area contributed by atoms with Crippen LogP contribution >= 0.6 is 0 Å². The highest BCUT2D eigenvalue weighted by Gasteiger charge is 2.40.